The van der Waals surface area contributed by atoms with E-state index in [-0.39, 0.29) is 11.3 Å². The molecule has 1 heterocycles. The van der Waals surface area contributed by atoms with E-state index in [2.05, 4.69) is 4.98 Å². The molecule has 0 aliphatic carbocycles. The number of nitrogens with two attached hydrogens (primary N) is 1. The number of halogens is 2. The quantitative estimate of drug-likeness (QED) is 0.734. The Bertz CT molecular complexity index is 862. The molecule has 0 fully saturated rings. The molecule has 2 aromatic carbocycles. The smallest absolute Gasteiger partial charge is 0.211 e. The van der Waals surface area contributed by atoms with Gasteiger partial charge >= 0.3 is 0 Å². The van der Waals surface area contributed by atoms with Gasteiger partial charge in [-0.1, -0.05) is 18.2 Å². The summed E-state index contributed by atoms with van der Waals surface area (Å²) in [5, 5.41) is 0.735. The van der Waals surface area contributed by atoms with Gasteiger partial charge in [-0.25, -0.2) is 13.8 Å². The Balaban J connectivity index is 2.11. The lowest BCUT2D eigenvalue weighted by atomic mass is 10.1. The van der Waals surface area contributed by atoms with Crippen LogP contribution in [0.1, 0.15) is 16.1 Å². The molecule has 5 heteroatoms. The summed E-state index contributed by atoms with van der Waals surface area (Å²) in [7, 11) is 0. The van der Waals surface area contributed by atoms with Crippen LogP contribution in [0.25, 0.3) is 10.9 Å². The number of carbonyl (C=O) groups excluding carboxylic acids is 1. The fourth-order valence-corrected chi connectivity index (χ4v) is 2.10. The van der Waals surface area contributed by atoms with Crippen molar-refractivity contribution in [3.63, 3.8) is 0 Å². The summed E-state index contributed by atoms with van der Waals surface area (Å²) in [5.74, 6) is -2.58. The van der Waals surface area contributed by atoms with Crippen LogP contribution in [-0.4, -0.2) is 10.8 Å². The van der Waals surface area contributed by atoms with E-state index in [0.29, 0.717) is 11.2 Å². The predicted molar refractivity (Wildman–Crippen MR) is 75.9 cm³/mol. The molecular formula is C16H10F2N2O. The number of pyridine rings is 1. The second-order valence-corrected chi connectivity index (χ2v) is 4.57. The van der Waals surface area contributed by atoms with Gasteiger partial charge in [0.1, 0.15) is 5.69 Å². The molecule has 3 rings (SSSR count). The topological polar surface area (TPSA) is 56.0 Å². The molecule has 3 aromatic rings. The van der Waals surface area contributed by atoms with E-state index in [1.54, 1.807) is 18.2 Å². The lowest BCUT2D eigenvalue weighted by Gasteiger charge is -2.06. The van der Waals surface area contributed by atoms with Crippen LogP contribution in [0.3, 0.4) is 0 Å². The van der Waals surface area contributed by atoms with Crippen molar-refractivity contribution in [1.82, 2.24) is 4.98 Å². The van der Waals surface area contributed by atoms with E-state index in [0.717, 1.165) is 17.5 Å². The number of carbonyl (C=O) groups is 1. The van der Waals surface area contributed by atoms with Crippen LogP contribution < -0.4 is 5.73 Å². The van der Waals surface area contributed by atoms with Crippen molar-refractivity contribution < 1.29 is 13.6 Å². The maximum absolute atomic E-state index is 13.2. The Morgan fingerprint density at radius 2 is 1.76 bits per heavy atom. The van der Waals surface area contributed by atoms with Gasteiger partial charge in [0.25, 0.3) is 0 Å². The molecule has 0 atom stereocenters. The third-order valence-electron chi connectivity index (χ3n) is 3.16. The Morgan fingerprint density at radius 1 is 1.00 bits per heavy atom. The van der Waals surface area contributed by atoms with Crippen LogP contribution in [0.4, 0.5) is 14.5 Å². The molecule has 0 spiro atoms. The second-order valence-electron chi connectivity index (χ2n) is 4.57. The van der Waals surface area contributed by atoms with Gasteiger partial charge in [0.05, 0.1) is 5.52 Å². The second kappa shape index (κ2) is 4.94. The number of ketones is 1. The van der Waals surface area contributed by atoms with Gasteiger partial charge in [-0.3, -0.25) is 4.79 Å². The number of nitrogen functional groups attached to an aromatic ring is 1. The summed E-state index contributed by atoms with van der Waals surface area (Å²) in [5.41, 5.74) is 7.00. The van der Waals surface area contributed by atoms with E-state index in [9.17, 15) is 13.6 Å². The van der Waals surface area contributed by atoms with E-state index in [4.69, 9.17) is 5.73 Å². The number of nitrogens with zero attached hydrogens (tertiary/aromatic N) is 1. The summed E-state index contributed by atoms with van der Waals surface area (Å²) < 4.78 is 26.1. The Labute approximate surface area is 119 Å². The lowest BCUT2D eigenvalue weighted by molar-refractivity contribution is 0.103. The average Bonchev–Trinajstić information content (AvgIpc) is 2.49. The average molecular weight is 284 g/mol. The number of benzene rings is 2. The maximum atomic E-state index is 13.2. The molecule has 0 saturated heterocycles. The van der Waals surface area contributed by atoms with E-state index in [1.807, 2.05) is 6.07 Å². The number of anilines is 1. The van der Waals surface area contributed by atoms with Gasteiger partial charge in [0.2, 0.25) is 5.78 Å². The minimum Gasteiger partial charge on any atom is -0.398 e. The molecule has 0 bridgehead atoms. The summed E-state index contributed by atoms with van der Waals surface area (Å²) in [6.07, 6.45) is 0. The van der Waals surface area contributed by atoms with Crippen LogP contribution in [0, 0.1) is 11.6 Å². The zero-order valence-corrected chi connectivity index (χ0v) is 10.8. The molecule has 2 N–H and O–H groups in total. The Morgan fingerprint density at radius 3 is 2.52 bits per heavy atom. The van der Waals surface area contributed by atoms with Crippen molar-refractivity contribution in [2.75, 3.05) is 5.73 Å². The van der Waals surface area contributed by atoms with Gasteiger partial charge in [-0.2, -0.15) is 0 Å². The largest absolute Gasteiger partial charge is 0.398 e. The molecule has 0 saturated carbocycles. The molecule has 21 heavy (non-hydrogen) atoms. The predicted octanol–water partition coefficient (Wildman–Crippen LogP) is 3.33. The zero-order valence-electron chi connectivity index (χ0n) is 10.8. The van der Waals surface area contributed by atoms with Crippen molar-refractivity contribution in [3.05, 3.63) is 71.4 Å². The van der Waals surface area contributed by atoms with Crippen molar-refractivity contribution in [1.29, 1.82) is 0 Å². The third kappa shape index (κ3) is 2.33. The van der Waals surface area contributed by atoms with Crippen molar-refractivity contribution in [2.45, 2.75) is 0 Å². The maximum Gasteiger partial charge on any atom is 0.211 e. The zero-order chi connectivity index (χ0) is 15.0. The molecule has 1 aromatic heterocycles. The van der Waals surface area contributed by atoms with Crippen molar-refractivity contribution in [2.24, 2.45) is 0 Å². The molecule has 0 aliphatic heterocycles. The first-order valence-corrected chi connectivity index (χ1v) is 6.21. The Kier molecular flexibility index (Phi) is 3.10. The first kappa shape index (κ1) is 13.2. The number of hydrogen-bond donors (Lipinski definition) is 1. The monoisotopic (exact) mass is 284 g/mol. The van der Waals surface area contributed by atoms with E-state index >= 15 is 0 Å². The highest BCUT2D eigenvalue weighted by molar-refractivity contribution is 6.09. The first-order valence-electron chi connectivity index (χ1n) is 6.21. The highest BCUT2D eigenvalue weighted by Crippen LogP contribution is 2.22. The van der Waals surface area contributed by atoms with Gasteiger partial charge in [0, 0.05) is 16.6 Å². The number of rotatable bonds is 2. The normalized spacial score (nSPS) is 10.8. The van der Waals surface area contributed by atoms with Gasteiger partial charge in [-0.15, -0.1) is 0 Å². The highest BCUT2D eigenvalue weighted by atomic mass is 19.2. The number of hydrogen-bond acceptors (Lipinski definition) is 3. The van der Waals surface area contributed by atoms with Crippen LogP contribution in [0.5, 0.6) is 0 Å². The highest BCUT2D eigenvalue weighted by Gasteiger charge is 2.15. The fraction of sp³-hybridized carbons (Fsp3) is 0. The van der Waals surface area contributed by atoms with Gasteiger partial charge in [0.15, 0.2) is 11.6 Å². The molecule has 0 aliphatic rings. The number of para-hydroxylation sites is 1. The van der Waals surface area contributed by atoms with Gasteiger partial charge < -0.3 is 5.73 Å². The van der Waals surface area contributed by atoms with E-state index in [1.165, 1.54) is 12.1 Å². The third-order valence-corrected chi connectivity index (χ3v) is 3.16. The van der Waals surface area contributed by atoms with Crippen molar-refractivity contribution >= 4 is 22.4 Å². The molecule has 0 unspecified atom stereocenters. The first-order chi connectivity index (χ1) is 10.1. The SMILES string of the molecule is Nc1cc(C(=O)c2ccc(F)c(F)c2)nc2ccccc12. The lowest BCUT2D eigenvalue weighted by Crippen LogP contribution is -2.06. The Hall–Kier alpha value is -2.82. The van der Waals surface area contributed by atoms with Gasteiger partial charge in [-0.05, 0) is 30.3 Å². The molecule has 0 radical (unpaired) electrons. The summed E-state index contributed by atoms with van der Waals surface area (Å²) >= 11 is 0. The van der Waals surface area contributed by atoms with Crippen LogP contribution in [0.2, 0.25) is 0 Å². The molecule has 104 valence electrons. The molecular weight excluding hydrogens is 274 g/mol. The summed E-state index contributed by atoms with van der Waals surface area (Å²) in [6, 6.07) is 11.5. The van der Waals surface area contributed by atoms with Crippen molar-refractivity contribution in [3.8, 4) is 0 Å². The minimum absolute atomic E-state index is 0.0241. The fourth-order valence-electron chi connectivity index (χ4n) is 2.10. The van der Waals surface area contributed by atoms with Crippen LogP contribution >= 0.6 is 0 Å². The summed E-state index contributed by atoms with van der Waals surface area (Å²) in [6.45, 7) is 0. The molecule has 3 nitrogen and oxygen atoms in total. The van der Waals surface area contributed by atoms with Crippen LogP contribution in [0.15, 0.2) is 48.5 Å². The summed E-state index contributed by atoms with van der Waals surface area (Å²) in [4.78, 5) is 16.5. The number of fused-ring (bicyclic) bond motifs is 1. The number of aromatic nitrogens is 1. The standard InChI is InChI=1S/C16H10F2N2O/c17-11-6-5-9(7-12(11)18)16(21)15-8-13(19)10-3-1-2-4-14(10)20-15/h1-8H,(H2,19,20). The molecule has 0 amide bonds. The minimum atomic E-state index is -1.07. The van der Waals surface area contributed by atoms with E-state index < -0.39 is 17.4 Å². The van der Waals surface area contributed by atoms with Crippen LogP contribution in [-0.2, 0) is 0 Å².